The molecule has 1 atom stereocenters. The molecule has 1 N–H and O–H groups in total. The van der Waals surface area contributed by atoms with Crippen LogP contribution in [-0.4, -0.2) is 49.2 Å². The van der Waals surface area contributed by atoms with Gasteiger partial charge in [-0.2, -0.15) is 0 Å². The van der Waals surface area contributed by atoms with E-state index < -0.39 is 0 Å². The normalized spacial score (nSPS) is 23.4. The van der Waals surface area contributed by atoms with Gasteiger partial charge in [0, 0.05) is 12.6 Å². The summed E-state index contributed by atoms with van der Waals surface area (Å²) in [5.74, 6) is -0.0727. The van der Waals surface area contributed by atoms with Gasteiger partial charge in [0.25, 0.3) is 0 Å². The van der Waals surface area contributed by atoms with Gasteiger partial charge in [0.1, 0.15) is 6.04 Å². The van der Waals surface area contributed by atoms with Crippen LogP contribution in [0.15, 0.2) is 0 Å². The lowest BCUT2D eigenvalue weighted by Gasteiger charge is -2.28. The van der Waals surface area contributed by atoms with Crippen molar-refractivity contribution < 1.29 is 9.53 Å². The van der Waals surface area contributed by atoms with Crippen molar-refractivity contribution in [1.82, 2.24) is 10.2 Å². The fourth-order valence-corrected chi connectivity index (χ4v) is 2.73. The number of ether oxygens (including phenoxy) is 1. The molecular formula is C15H28N2O2. The molecule has 0 amide bonds. The molecule has 2 fully saturated rings. The fraction of sp³-hybridized carbons (Fsp3) is 0.933. The molecule has 0 aromatic heterocycles. The Labute approximate surface area is 116 Å². The minimum absolute atomic E-state index is 0.0727. The Morgan fingerprint density at radius 2 is 1.84 bits per heavy atom. The SMILES string of the molecule is CCOC(=O)C(CN1CCCCCCC1)NC1CC1. The van der Waals surface area contributed by atoms with Crippen molar-refractivity contribution in [1.29, 1.82) is 0 Å². The van der Waals surface area contributed by atoms with Crippen LogP contribution in [0.2, 0.25) is 0 Å². The van der Waals surface area contributed by atoms with Crippen molar-refractivity contribution in [3.05, 3.63) is 0 Å². The summed E-state index contributed by atoms with van der Waals surface area (Å²) in [6.45, 7) is 5.42. The molecule has 1 unspecified atom stereocenters. The number of carbonyl (C=O) groups is 1. The van der Waals surface area contributed by atoms with E-state index in [0.29, 0.717) is 12.6 Å². The van der Waals surface area contributed by atoms with Gasteiger partial charge >= 0.3 is 5.97 Å². The van der Waals surface area contributed by atoms with E-state index in [1.54, 1.807) is 0 Å². The third-order valence-electron chi connectivity index (χ3n) is 3.97. The molecule has 1 saturated heterocycles. The number of rotatable bonds is 6. The lowest BCUT2D eigenvalue weighted by atomic mass is 10.1. The Morgan fingerprint density at radius 3 is 2.42 bits per heavy atom. The molecule has 19 heavy (non-hydrogen) atoms. The monoisotopic (exact) mass is 268 g/mol. The molecule has 1 aliphatic heterocycles. The first-order valence-corrected chi connectivity index (χ1v) is 7.94. The first-order valence-electron chi connectivity index (χ1n) is 7.94. The van der Waals surface area contributed by atoms with Crippen LogP contribution in [0, 0.1) is 0 Å². The summed E-state index contributed by atoms with van der Waals surface area (Å²) in [5, 5.41) is 3.44. The molecule has 0 radical (unpaired) electrons. The van der Waals surface area contributed by atoms with E-state index in [0.717, 1.165) is 19.6 Å². The zero-order valence-electron chi connectivity index (χ0n) is 12.2. The maximum atomic E-state index is 12.0. The molecule has 4 nitrogen and oxygen atoms in total. The van der Waals surface area contributed by atoms with Crippen molar-refractivity contribution in [2.24, 2.45) is 0 Å². The second-order valence-electron chi connectivity index (χ2n) is 5.81. The summed E-state index contributed by atoms with van der Waals surface area (Å²) >= 11 is 0. The summed E-state index contributed by atoms with van der Waals surface area (Å²) in [6.07, 6.45) is 8.96. The van der Waals surface area contributed by atoms with Crippen molar-refractivity contribution in [3.8, 4) is 0 Å². The van der Waals surface area contributed by atoms with Crippen LogP contribution in [0.3, 0.4) is 0 Å². The minimum Gasteiger partial charge on any atom is -0.465 e. The van der Waals surface area contributed by atoms with Crippen LogP contribution in [0.4, 0.5) is 0 Å². The third-order valence-corrected chi connectivity index (χ3v) is 3.97. The van der Waals surface area contributed by atoms with Gasteiger partial charge < -0.3 is 15.0 Å². The quantitative estimate of drug-likeness (QED) is 0.748. The zero-order chi connectivity index (χ0) is 13.5. The zero-order valence-corrected chi connectivity index (χ0v) is 12.2. The van der Waals surface area contributed by atoms with Crippen molar-refractivity contribution in [2.45, 2.75) is 64.0 Å². The average molecular weight is 268 g/mol. The van der Waals surface area contributed by atoms with Crippen LogP contribution in [0.25, 0.3) is 0 Å². The molecule has 2 aliphatic rings. The second kappa shape index (κ2) is 7.85. The molecule has 0 aromatic rings. The van der Waals surface area contributed by atoms with Crippen LogP contribution in [-0.2, 0) is 9.53 Å². The Morgan fingerprint density at radius 1 is 1.21 bits per heavy atom. The molecule has 1 saturated carbocycles. The number of likely N-dealkylation sites (tertiary alicyclic amines) is 1. The Hall–Kier alpha value is -0.610. The van der Waals surface area contributed by atoms with Crippen LogP contribution >= 0.6 is 0 Å². The van der Waals surface area contributed by atoms with Gasteiger partial charge in [0.2, 0.25) is 0 Å². The first kappa shape index (κ1) is 14.8. The molecule has 110 valence electrons. The lowest BCUT2D eigenvalue weighted by molar-refractivity contribution is -0.146. The Balaban J connectivity index is 1.83. The van der Waals surface area contributed by atoms with E-state index in [1.165, 1.54) is 44.9 Å². The highest BCUT2D eigenvalue weighted by Crippen LogP contribution is 2.20. The van der Waals surface area contributed by atoms with Crippen LogP contribution in [0.1, 0.15) is 51.9 Å². The number of nitrogens with zero attached hydrogens (tertiary/aromatic N) is 1. The number of carbonyl (C=O) groups excluding carboxylic acids is 1. The molecule has 1 heterocycles. The highest BCUT2D eigenvalue weighted by atomic mass is 16.5. The van der Waals surface area contributed by atoms with E-state index in [1.807, 2.05) is 6.92 Å². The summed E-state index contributed by atoms with van der Waals surface area (Å²) < 4.78 is 5.20. The van der Waals surface area contributed by atoms with Gasteiger partial charge in [-0.1, -0.05) is 19.3 Å². The van der Waals surface area contributed by atoms with E-state index >= 15 is 0 Å². The molecule has 0 spiro atoms. The third kappa shape index (κ3) is 5.49. The topological polar surface area (TPSA) is 41.6 Å². The van der Waals surface area contributed by atoms with Gasteiger partial charge in [-0.05, 0) is 45.7 Å². The van der Waals surface area contributed by atoms with Crippen molar-refractivity contribution in [3.63, 3.8) is 0 Å². The van der Waals surface area contributed by atoms with Gasteiger partial charge in [-0.15, -0.1) is 0 Å². The first-order chi connectivity index (χ1) is 9.29. The summed E-state index contributed by atoms with van der Waals surface area (Å²) in [4.78, 5) is 14.5. The number of hydrogen-bond acceptors (Lipinski definition) is 4. The Kier molecular flexibility index (Phi) is 6.11. The molecule has 1 aliphatic carbocycles. The van der Waals surface area contributed by atoms with Gasteiger partial charge in [0.15, 0.2) is 0 Å². The maximum Gasteiger partial charge on any atom is 0.324 e. The molecule has 0 bridgehead atoms. The van der Waals surface area contributed by atoms with E-state index in [9.17, 15) is 4.79 Å². The lowest BCUT2D eigenvalue weighted by Crippen LogP contribution is -2.48. The minimum atomic E-state index is -0.133. The van der Waals surface area contributed by atoms with Crippen LogP contribution < -0.4 is 5.32 Å². The number of hydrogen-bond donors (Lipinski definition) is 1. The van der Waals surface area contributed by atoms with Gasteiger partial charge in [-0.25, -0.2) is 0 Å². The van der Waals surface area contributed by atoms with Gasteiger partial charge in [-0.3, -0.25) is 4.79 Å². The molecule has 4 heteroatoms. The molecule has 2 rings (SSSR count). The standard InChI is InChI=1S/C15H28N2O2/c1-2-19-15(18)14(16-13-8-9-13)12-17-10-6-4-3-5-7-11-17/h13-14,16H,2-12H2,1H3. The largest absolute Gasteiger partial charge is 0.465 e. The number of nitrogens with one attached hydrogen (secondary N) is 1. The van der Waals surface area contributed by atoms with E-state index in [2.05, 4.69) is 10.2 Å². The van der Waals surface area contributed by atoms with Crippen molar-refractivity contribution >= 4 is 5.97 Å². The second-order valence-corrected chi connectivity index (χ2v) is 5.81. The summed E-state index contributed by atoms with van der Waals surface area (Å²) in [6, 6.07) is 0.413. The highest BCUT2D eigenvalue weighted by molar-refractivity contribution is 5.76. The predicted molar refractivity (Wildman–Crippen MR) is 76.1 cm³/mol. The highest BCUT2D eigenvalue weighted by Gasteiger charge is 2.30. The summed E-state index contributed by atoms with van der Waals surface area (Å²) in [5.41, 5.74) is 0. The Bertz CT molecular complexity index is 271. The summed E-state index contributed by atoms with van der Waals surface area (Å²) in [7, 11) is 0. The average Bonchev–Trinajstić information content (AvgIpc) is 3.15. The fourth-order valence-electron chi connectivity index (χ4n) is 2.73. The van der Waals surface area contributed by atoms with Gasteiger partial charge in [0.05, 0.1) is 6.61 Å². The molecular weight excluding hydrogens is 240 g/mol. The van der Waals surface area contributed by atoms with E-state index in [4.69, 9.17) is 4.74 Å². The van der Waals surface area contributed by atoms with Crippen LogP contribution in [0.5, 0.6) is 0 Å². The smallest absolute Gasteiger partial charge is 0.324 e. The predicted octanol–water partition coefficient (Wildman–Crippen LogP) is 1.94. The maximum absolute atomic E-state index is 12.0. The van der Waals surface area contributed by atoms with Crippen molar-refractivity contribution in [2.75, 3.05) is 26.2 Å². The van der Waals surface area contributed by atoms with E-state index in [-0.39, 0.29) is 12.0 Å². The molecule has 0 aromatic carbocycles. The number of esters is 1.